The van der Waals surface area contributed by atoms with Crippen LogP contribution in [0.25, 0.3) is 10.9 Å². The number of aromatic nitrogens is 1. The van der Waals surface area contributed by atoms with Gasteiger partial charge in [-0.1, -0.05) is 42.5 Å². The second-order valence-electron chi connectivity index (χ2n) is 7.00. The van der Waals surface area contributed by atoms with Gasteiger partial charge in [0.2, 0.25) is 5.91 Å². The predicted molar refractivity (Wildman–Crippen MR) is 107 cm³/mol. The molecule has 2 aromatic carbocycles. The average Bonchev–Trinajstić information content (AvgIpc) is 3.04. The fourth-order valence-corrected chi connectivity index (χ4v) is 3.28. The number of H-pyrrole nitrogens is 1. The molecule has 1 aromatic heterocycles. The number of hydrogen-bond donors (Lipinski definition) is 2. The van der Waals surface area contributed by atoms with E-state index in [2.05, 4.69) is 65.8 Å². The van der Waals surface area contributed by atoms with Gasteiger partial charge in [-0.05, 0) is 49.7 Å². The van der Waals surface area contributed by atoms with Crippen molar-refractivity contribution in [1.29, 1.82) is 0 Å². The van der Waals surface area contributed by atoms with Crippen molar-refractivity contribution in [2.75, 3.05) is 14.1 Å². The first-order valence-electron chi connectivity index (χ1n) is 9.16. The van der Waals surface area contributed by atoms with Gasteiger partial charge in [-0.15, -0.1) is 0 Å². The third-order valence-electron chi connectivity index (χ3n) is 4.61. The van der Waals surface area contributed by atoms with Gasteiger partial charge in [-0.3, -0.25) is 4.79 Å². The molecule has 136 valence electrons. The maximum Gasteiger partial charge on any atom is 0.220 e. The zero-order valence-electron chi connectivity index (χ0n) is 15.6. The number of nitrogens with zero attached hydrogens (tertiary/aromatic N) is 1. The molecule has 4 heteroatoms. The molecule has 3 rings (SSSR count). The molecular formula is C22H27N3O. The van der Waals surface area contributed by atoms with E-state index in [1.165, 1.54) is 22.1 Å². The standard InChI is InChI=1S/C22H27N3O/c1-25(2)16-19-9-4-3-8-17(19)14-24-22(26)13-7-10-18-15-23-21-12-6-5-11-20(18)21/h3-6,8-9,11-12,15,23H,7,10,13-14,16H2,1-2H3,(H,24,26). The summed E-state index contributed by atoms with van der Waals surface area (Å²) in [4.78, 5) is 17.6. The number of aryl methyl sites for hydroxylation is 1. The summed E-state index contributed by atoms with van der Waals surface area (Å²) in [6, 6.07) is 16.6. The Labute approximate surface area is 155 Å². The Morgan fingerprint density at radius 3 is 2.54 bits per heavy atom. The molecule has 0 fully saturated rings. The van der Waals surface area contributed by atoms with Crippen molar-refractivity contribution in [1.82, 2.24) is 15.2 Å². The third kappa shape index (κ3) is 4.73. The average molecular weight is 349 g/mol. The van der Waals surface area contributed by atoms with Crippen molar-refractivity contribution in [2.45, 2.75) is 32.4 Å². The number of para-hydroxylation sites is 1. The van der Waals surface area contributed by atoms with Gasteiger partial charge in [-0.2, -0.15) is 0 Å². The van der Waals surface area contributed by atoms with E-state index in [-0.39, 0.29) is 5.91 Å². The lowest BCUT2D eigenvalue weighted by Crippen LogP contribution is -2.24. The Kier molecular flexibility index (Phi) is 6.08. The van der Waals surface area contributed by atoms with Crippen molar-refractivity contribution in [3.8, 4) is 0 Å². The highest BCUT2D eigenvalue weighted by Gasteiger charge is 2.07. The zero-order valence-corrected chi connectivity index (χ0v) is 15.6. The minimum Gasteiger partial charge on any atom is -0.361 e. The number of carbonyl (C=O) groups is 1. The zero-order chi connectivity index (χ0) is 18.4. The van der Waals surface area contributed by atoms with E-state index in [4.69, 9.17) is 0 Å². The number of amides is 1. The number of hydrogen-bond acceptors (Lipinski definition) is 2. The van der Waals surface area contributed by atoms with Crippen LogP contribution in [0.15, 0.2) is 54.7 Å². The summed E-state index contributed by atoms with van der Waals surface area (Å²) in [5.74, 6) is 0.115. The van der Waals surface area contributed by atoms with Crippen LogP contribution in [0.4, 0.5) is 0 Å². The molecule has 26 heavy (non-hydrogen) atoms. The topological polar surface area (TPSA) is 48.1 Å². The lowest BCUT2D eigenvalue weighted by molar-refractivity contribution is -0.121. The van der Waals surface area contributed by atoms with E-state index in [1.807, 2.05) is 18.2 Å². The van der Waals surface area contributed by atoms with Crippen LogP contribution in [0.3, 0.4) is 0 Å². The van der Waals surface area contributed by atoms with Gasteiger partial charge >= 0.3 is 0 Å². The highest BCUT2D eigenvalue weighted by Crippen LogP contribution is 2.19. The molecule has 0 radical (unpaired) electrons. The smallest absolute Gasteiger partial charge is 0.220 e. The number of aromatic amines is 1. The van der Waals surface area contributed by atoms with Crippen molar-refractivity contribution < 1.29 is 4.79 Å². The molecule has 3 aromatic rings. The van der Waals surface area contributed by atoms with Gasteiger partial charge in [0, 0.05) is 36.6 Å². The van der Waals surface area contributed by atoms with Crippen molar-refractivity contribution in [3.05, 3.63) is 71.4 Å². The molecule has 0 saturated heterocycles. The Hall–Kier alpha value is -2.59. The van der Waals surface area contributed by atoms with E-state index in [1.54, 1.807) is 0 Å². The van der Waals surface area contributed by atoms with Crippen molar-refractivity contribution in [2.24, 2.45) is 0 Å². The highest BCUT2D eigenvalue weighted by atomic mass is 16.1. The molecule has 2 N–H and O–H groups in total. The Morgan fingerprint density at radius 2 is 1.73 bits per heavy atom. The molecule has 0 aliphatic carbocycles. The quantitative estimate of drug-likeness (QED) is 0.648. The molecule has 0 unspecified atom stereocenters. The molecule has 1 heterocycles. The normalized spacial score (nSPS) is 11.2. The largest absolute Gasteiger partial charge is 0.361 e. The first-order valence-corrected chi connectivity index (χ1v) is 9.16. The lowest BCUT2D eigenvalue weighted by atomic mass is 10.1. The summed E-state index contributed by atoms with van der Waals surface area (Å²) in [7, 11) is 4.11. The third-order valence-corrected chi connectivity index (χ3v) is 4.61. The first-order chi connectivity index (χ1) is 12.6. The van der Waals surface area contributed by atoms with E-state index >= 15 is 0 Å². The lowest BCUT2D eigenvalue weighted by Gasteiger charge is -2.14. The SMILES string of the molecule is CN(C)Cc1ccccc1CNC(=O)CCCc1c[nH]c2ccccc12. The Morgan fingerprint density at radius 1 is 1.00 bits per heavy atom. The van der Waals surface area contributed by atoms with Crippen LogP contribution in [0, 0.1) is 0 Å². The first kappa shape index (κ1) is 18.2. The van der Waals surface area contributed by atoms with Crippen LogP contribution in [-0.4, -0.2) is 29.9 Å². The van der Waals surface area contributed by atoms with E-state index < -0.39 is 0 Å². The van der Waals surface area contributed by atoms with Crippen LogP contribution < -0.4 is 5.32 Å². The van der Waals surface area contributed by atoms with Gasteiger partial charge < -0.3 is 15.2 Å². The van der Waals surface area contributed by atoms with Gasteiger partial charge in [0.1, 0.15) is 0 Å². The van der Waals surface area contributed by atoms with Crippen LogP contribution in [0.2, 0.25) is 0 Å². The molecular weight excluding hydrogens is 322 g/mol. The van der Waals surface area contributed by atoms with Crippen LogP contribution in [0.1, 0.15) is 29.5 Å². The number of rotatable bonds is 8. The fourth-order valence-electron chi connectivity index (χ4n) is 3.28. The van der Waals surface area contributed by atoms with Crippen molar-refractivity contribution >= 4 is 16.8 Å². The number of carbonyl (C=O) groups excluding carboxylic acids is 1. The summed E-state index contributed by atoms with van der Waals surface area (Å²) >= 11 is 0. The summed E-state index contributed by atoms with van der Waals surface area (Å²) in [5, 5.41) is 4.32. The van der Waals surface area contributed by atoms with E-state index in [0.29, 0.717) is 13.0 Å². The highest BCUT2D eigenvalue weighted by molar-refractivity contribution is 5.83. The fraction of sp³-hybridized carbons (Fsp3) is 0.318. The summed E-state index contributed by atoms with van der Waals surface area (Å²) in [5.41, 5.74) is 4.89. The summed E-state index contributed by atoms with van der Waals surface area (Å²) in [6.07, 6.45) is 4.37. The minimum atomic E-state index is 0.115. The predicted octanol–water partition coefficient (Wildman–Crippen LogP) is 3.87. The second-order valence-corrected chi connectivity index (χ2v) is 7.00. The van der Waals surface area contributed by atoms with Crippen molar-refractivity contribution in [3.63, 3.8) is 0 Å². The molecule has 4 nitrogen and oxygen atoms in total. The second kappa shape index (κ2) is 8.68. The van der Waals surface area contributed by atoms with E-state index in [9.17, 15) is 4.79 Å². The Balaban J connectivity index is 1.48. The van der Waals surface area contributed by atoms with Gasteiger partial charge in [-0.25, -0.2) is 0 Å². The van der Waals surface area contributed by atoms with Crippen LogP contribution in [-0.2, 0) is 24.3 Å². The van der Waals surface area contributed by atoms with Crippen LogP contribution >= 0.6 is 0 Å². The molecule has 0 aliphatic rings. The van der Waals surface area contributed by atoms with Gasteiger partial charge in [0.25, 0.3) is 0 Å². The molecule has 0 spiro atoms. The molecule has 1 amide bonds. The molecule has 0 atom stereocenters. The maximum absolute atomic E-state index is 12.2. The van der Waals surface area contributed by atoms with Gasteiger partial charge in [0.05, 0.1) is 0 Å². The van der Waals surface area contributed by atoms with Crippen LogP contribution in [0.5, 0.6) is 0 Å². The monoisotopic (exact) mass is 349 g/mol. The Bertz CT molecular complexity index is 866. The van der Waals surface area contributed by atoms with E-state index in [0.717, 1.165) is 24.9 Å². The summed E-state index contributed by atoms with van der Waals surface area (Å²) < 4.78 is 0. The summed E-state index contributed by atoms with van der Waals surface area (Å²) in [6.45, 7) is 1.47. The van der Waals surface area contributed by atoms with Gasteiger partial charge in [0.15, 0.2) is 0 Å². The minimum absolute atomic E-state index is 0.115. The number of nitrogens with one attached hydrogen (secondary N) is 2. The molecule has 0 bridgehead atoms. The maximum atomic E-state index is 12.2. The molecule has 0 saturated carbocycles. The molecule has 0 aliphatic heterocycles. The number of benzene rings is 2. The number of fused-ring (bicyclic) bond motifs is 1.